The van der Waals surface area contributed by atoms with E-state index < -0.39 is 0 Å². The Hall–Kier alpha value is -6.07. The molecule has 0 N–H and O–H groups in total. The van der Waals surface area contributed by atoms with Crippen molar-refractivity contribution in [2.75, 3.05) is 0 Å². The van der Waals surface area contributed by atoms with Crippen LogP contribution in [0.3, 0.4) is 0 Å². The third-order valence-electron chi connectivity index (χ3n) is 8.29. The zero-order chi connectivity index (χ0) is 29.0. The van der Waals surface area contributed by atoms with Crippen LogP contribution in [0, 0.1) is 0 Å². The van der Waals surface area contributed by atoms with Gasteiger partial charge in [-0.25, -0.2) is 4.98 Å². The van der Waals surface area contributed by atoms with Crippen LogP contribution in [0.15, 0.2) is 150 Å². The first-order valence-electron chi connectivity index (χ1n) is 14.6. The molecule has 0 aliphatic carbocycles. The minimum absolute atomic E-state index is 0.558. The molecule has 9 rings (SSSR count). The lowest BCUT2D eigenvalue weighted by Gasteiger charge is -2.11. The molecule has 0 spiro atoms. The number of furan rings is 1. The molecular weight excluding hydrogens is 540 g/mol. The average molecular weight is 565 g/mol. The Kier molecular flexibility index (Phi) is 5.43. The molecule has 0 atom stereocenters. The number of nitrogens with zero attached hydrogens (tertiary/aromatic N) is 4. The summed E-state index contributed by atoms with van der Waals surface area (Å²) in [4.78, 5) is 15.1. The summed E-state index contributed by atoms with van der Waals surface area (Å²) in [6, 6.07) is 49.7. The van der Waals surface area contributed by atoms with Crippen molar-refractivity contribution in [1.82, 2.24) is 19.5 Å². The van der Waals surface area contributed by atoms with Gasteiger partial charge in [0.1, 0.15) is 11.2 Å². The van der Waals surface area contributed by atoms with Crippen LogP contribution in [-0.4, -0.2) is 19.5 Å². The first-order chi connectivity index (χ1) is 21.8. The summed E-state index contributed by atoms with van der Waals surface area (Å²) in [6.07, 6.45) is 0. The fourth-order valence-corrected chi connectivity index (χ4v) is 6.20. The molecule has 9 aromatic rings. The zero-order valence-electron chi connectivity index (χ0n) is 23.6. The van der Waals surface area contributed by atoms with Crippen molar-refractivity contribution in [1.29, 1.82) is 0 Å². The highest BCUT2D eigenvalue weighted by molar-refractivity contribution is 6.23. The molecule has 0 fully saturated rings. The molecule has 206 valence electrons. The van der Waals surface area contributed by atoms with Gasteiger partial charge in [-0.1, -0.05) is 121 Å². The van der Waals surface area contributed by atoms with Gasteiger partial charge in [0.25, 0.3) is 0 Å². The topological polar surface area (TPSA) is 56.7 Å². The predicted octanol–water partition coefficient (Wildman–Crippen LogP) is 9.87. The van der Waals surface area contributed by atoms with Crippen molar-refractivity contribution in [3.8, 4) is 39.9 Å². The van der Waals surface area contributed by atoms with E-state index in [1.165, 1.54) is 5.56 Å². The van der Waals surface area contributed by atoms with Crippen molar-refractivity contribution in [3.05, 3.63) is 146 Å². The maximum absolute atomic E-state index is 6.49. The second-order valence-electron chi connectivity index (χ2n) is 10.9. The molecular formula is C39H24N4O. The summed E-state index contributed by atoms with van der Waals surface area (Å²) >= 11 is 0. The number of benzene rings is 6. The number of hydrogen-bond acceptors (Lipinski definition) is 4. The fourth-order valence-electron chi connectivity index (χ4n) is 6.20. The van der Waals surface area contributed by atoms with Gasteiger partial charge in [0.2, 0.25) is 5.95 Å². The summed E-state index contributed by atoms with van der Waals surface area (Å²) in [7, 11) is 0. The van der Waals surface area contributed by atoms with Crippen LogP contribution < -0.4 is 0 Å². The number of para-hydroxylation sites is 2. The molecule has 0 radical (unpaired) electrons. The van der Waals surface area contributed by atoms with Crippen molar-refractivity contribution in [3.63, 3.8) is 0 Å². The van der Waals surface area contributed by atoms with Gasteiger partial charge < -0.3 is 4.42 Å². The highest BCUT2D eigenvalue weighted by atomic mass is 16.3. The molecule has 0 aliphatic rings. The molecule has 5 nitrogen and oxygen atoms in total. The lowest BCUT2D eigenvalue weighted by Crippen LogP contribution is -2.06. The summed E-state index contributed by atoms with van der Waals surface area (Å²) in [6.45, 7) is 0. The third kappa shape index (κ3) is 3.83. The molecule has 0 unspecified atom stereocenters. The Bertz CT molecular complexity index is 2480. The Morgan fingerprint density at radius 2 is 0.977 bits per heavy atom. The Morgan fingerprint density at radius 1 is 0.409 bits per heavy atom. The maximum Gasteiger partial charge on any atom is 0.238 e. The monoisotopic (exact) mass is 564 g/mol. The van der Waals surface area contributed by atoms with E-state index in [1.807, 2.05) is 48.5 Å². The molecule has 0 bridgehead atoms. The second-order valence-corrected chi connectivity index (χ2v) is 10.9. The third-order valence-corrected chi connectivity index (χ3v) is 8.29. The van der Waals surface area contributed by atoms with Crippen LogP contribution in [0.2, 0.25) is 0 Å². The molecule has 6 aromatic carbocycles. The van der Waals surface area contributed by atoms with Gasteiger partial charge in [-0.15, -0.1) is 0 Å². The average Bonchev–Trinajstić information content (AvgIpc) is 3.65. The number of hydrogen-bond donors (Lipinski definition) is 0. The predicted molar refractivity (Wildman–Crippen MR) is 178 cm³/mol. The first kappa shape index (κ1) is 24.5. The number of aromatic nitrogens is 4. The molecule has 0 saturated carbocycles. The second kappa shape index (κ2) is 9.75. The number of rotatable bonds is 4. The molecule has 3 aromatic heterocycles. The van der Waals surface area contributed by atoms with Gasteiger partial charge in [-0.2, -0.15) is 9.97 Å². The van der Waals surface area contributed by atoms with Gasteiger partial charge in [0.05, 0.1) is 16.4 Å². The first-order valence-corrected chi connectivity index (χ1v) is 14.6. The lowest BCUT2D eigenvalue weighted by molar-refractivity contribution is 0.673. The van der Waals surface area contributed by atoms with E-state index >= 15 is 0 Å². The summed E-state index contributed by atoms with van der Waals surface area (Å²) in [5.74, 6) is 1.79. The minimum Gasteiger partial charge on any atom is -0.455 e. The molecule has 0 saturated heterocycles. The maximum atomic E-state index is 6.49. The molecule has 3 heterocycles. The van der Waals surface area contributed by atoms with E-state index in [0.29, 0.717) is 17.6 Å². The summed E-state index contributed by atoms with van der Waals surface area (Å²) < 4.78 is 8.62. The van der Waals surface area contributed by atoms with Crippen molar-refractivity contribution in [2.24, 2.45) is 0 Å². The molecule has 44 heavy (non-hydrogen) atoms. The van der Waals surface area contributed by atoms with Gasteiger partial charge >= 0.3 is 0 Å². The van der Waals surface area contributed by atoms with Crippen LogP contribution in [0.25, 0.3) is 83.6 Å². The lowest BCUT2D eigenvalue weighted by atomic mass is 10.0. The summed E-state index contributed by atoms with van der Waals surface area (Å²) in [5.41, 5.74) is 7.89. The van der Waals surface area contributed by atoms with E-state index in [-0.39, 0.29) is 0 Å². The van der Waals surface area contributed by atoms with E-state index in [0.717, 1.165) is 60.4 Å². The minimum atomic E-state index is 0.558. The Morgan fingerprint density at radius 3 is 1.73 bits per heavy atom. The molecule has 0 amide bonds. The normalized spacial score (nSPS) is 11.6. The van der Waals surface area contributed by atoms with Crippen LogP contribution >= 0.6 is 0 Å². The highest BCUT2D eigenvalue weighted by Crippen LogP contribution is 2.40. The van der Waals surface area contributed by atoms with E-state index in [2.05, 4.69) is 102 Å². The van der Waals surface area contributed by atoms with Gasteiger partial charge in [0, 0.05) is 27.3 Å². The van der Waals surface area contributed by atoms with Crippen LogP contribution in [0.1, 0.15) is 0 Å². The van der Waals surface area contributed by atoms with Crippen molar-refractivity contribution in [2.45, 2.75) is 0 Å². The molecule has 0 aliphatic heterocycles. The van der Waals surface area contributed by atoms with Gasteiger partial charge in [-0.3, -0.25) is 4.57 Å². The smallest absolute Gasteiger partial charge is 0.238 e. The Labute approximate surface area is 252 Å². The number of fused-ring (bicyclic) bond motifs is 7. The standard InChI is InChI=1S/C39H24N4O/c1-3-11-25(12-4-1)26-19-21-28(22-20-26)38-40-37(27-13-5-2-6-14-27)41-39(42-38)43-32-17-9-7-16-31(32)35-33(43)24-23-30-29-15-8-10-18-34(29)44-36(30)35/h1-24H. The van der Waals surface area contributed by atoms with E-state index in [4.69, 9.17) is 19.4 Å². The van der Waals surface area contributed by atoms with Crippen molar-refractivity contribution < 1.29 is 4.42 Å². The van der Waals surface area contributed by atoms with Crippen molar-refractivity contribution >= 4 is 43.7 Å². The van der Waals surface area contributed by atoms with Crippen LogP contribution in [-0.2, 0) is 0 Å². The van der Waals surface area contributed by atoms with Crippen LogP contribution in [0.5, 0.6) is 0 Å². The largest absolute Gasteiger partial charge is 0.455 e. The van der Waals surface area contributed by atoms with Crippen LogP contribution in [0.4, 0.5) is 0 Å². The zero-order valence-corrected chi connectivity index (χ0v) is 23.6. The van der Waals surface area contributed by atoms with Gasteiger partial charge in [0.15, 0.2) is 11.6 Å². The molecule has 5 heteroatoms. The quantitative estimate of drug-likeness (QED) is 0.213. The fraction of sp³-hybridized carbons (Fsp3) is 0. The van der Waals surface area contributed by atoms with E-state index in [9.17, 15) is 0 Å². The highest BCUT2D eigenvalue weighted by Gasteiger charge is 2.21. The Balaban J connectivity index is 1.30. The SMILES string of the molecule is c1ccc(-c2ccc(-c3nc(-c4ccccc4)nc(-n4c5ccccc5c5c6oc7ccccc7c6ccc54)n3)cc2)cc1. The summed E-state index contributed by atoms with van der Waals surface area (Å²) in [5, 5.41) is 4.33. The van der Waals surface area contributed by atoms with E-state index in [1.54, 1.807) is 0 Å². The van der Waals surface area contributed by atoms with Gasteiger partial charge in [-0.05, 0) is 35.4 Å².